The Morgan fingerprint density at radius 3 is 2.53 bits per heavy atom. The van der Waals surface area contributed by atoms with E-state index < -0.39 is 21.6 Å². The van der Waals surface area contributed by atoms with Crippen molar-refractivity contribution in [3.05, 3.63) is 72.0 Å². The van der Waals surface area contributed by atoms with E-state index in [1.165, 1.54) is 29.8 Å². The zero-order valence-electron chi connectivity index (χ0n) is 21.1. The summed E-state index contributed by atoms with van der Waals surface area (Å²) in [5.74, 6) is 0.286. The zero-order valence-corrected chi connectivity index (χ0v) is 21.9. The highest BCUT2D eigenvalue weighted by Crippen LogP contribution is 2.37. The highest BCUT2D eigenvalue weighted by molar-refractivity contribution is 7.89. The van der Waals surface area contributed by atoms with Crippen molar-refractivity contribution >= 4 is 15.9 Å². The Hall–Kier alpha value is -3.63. The number of nitrogens with zero attached hydrogens (tertiary/aromatic N) is 1. The topological polar surface area (TPSA) is 119 Å². The number of carbonyl (C=O) groups is 1. The lowest BCUT2D eigenvalue weighted by Gasteiger charge is -2.32. The number of nitrogens with two attached hydrogens (primary N) is 1. The molecule has 8 nitrogen and oxygen atoms in total. The number of piperidine rings is 1. The van der Waals surface area contributed by atoms with Gasteiger partial charge in [-0.3, -0.25) is 4.79 Å². The summed E-state index contributed by atoms with van der Waals surface area (Å²) in [4.78, 5) is 14.4. The molecule has 1 heterocycles. The highest BCUT2D eigenvalue weighted by Gasteiger charge is 2.24. The van der Waals surface area contributed by atoms with Crippen molar-refractivity contribution in [2.45, 2.75) is 30.6 Å². The highest BCUT2D eigenvalue weighted by atomic mass is 32.2. The van der Waals surface area contributed by atoms with Crippen LogP contribution in [0.4, 0.5) is 4.39 Å². The number of carbonyl (C=O) groups excluding carboxylic acids is 1. The molecule has 3 aromatic carbocycles. The summed E-state index contributed by atoms with van der Waals surface area (Å²) < 4.78 is 48.3. The number of likely N-dealkylation sites (tertiary alicyclic amines) is 1. The number of methoxy groups -OCH3 is 1. The van der Waals surface area contributed by atoms with Gasteiger partial charge in [0, 0.05) is 30.3 Å². The van der Waals surface area contributed by atoms with E-state index in [1.807, 2.05) is 18.2 Å². The molecule has 0 aromatic heterocycles. The number of benzene rings is 3. The molecule has 4 rings (SSSR count). The van der Waals surface area contributed by atoms with Crippen molar-refractivity contribution in [2.24, 2.45) is 11.1 Å². The van der Waals surface area contributed by atoms with Gasteiger partial charge in [-0.25, -0.2) is 17.9 Å². The monoisotopic (exact) mass is 542 g/mol. The van der Waals surface area contributed by atoms with Crippen molar-refractivity contribution in [2.75, 3.05) is 26.8 Å². The van der Waals surface area contributed by atoms with Gasteiger partial charge in [0.1, 0.15) is 23.1 Å². The van der Waals surface area contributed by atoms with Gasteiger partial charge in [0.15, 0.2) is 6.61 Å². The molecule has 1 aliphatic rings. The fourth-order valence-corrected chi connectivity index (χ4v) is 5.20. The van der Waals surface area contributed by atoms with Gasteiger partial charge in [-0.15, -0.1) is 0 Å². The number of ether oxygens (including phenoxy) is 2. The Balaban J connectivity index is 1.37. The number of primary sulfonamides is 1. The SMILES string of the molecule is COc1cccc(CCC2CCN(C(=O)COc3ccc(S(N)(=O)=O)cc3-c3ccc(F)cc3O)CC2)c1. The first-order valence-corrected chi connectivity index (χ1v) is 13.9. The van der Waals surface area contributed by atoms with Gasteiger partial charge in [-0.1, -0.05) is 12.1 Å². The minimum atomic E-state index is -4.04. The van der Waals surface area contributed by atoms with Crippen LogP contribution in [0.15, 0.2) is 65.6 Å². The number of phenols is 1. The van der Waals surface area contributed by atoms with E-state index in [4.69, 9.17) is 14.6 Å². The van der Waals surface area contributed by atoms with E-state index in [1.54, 1.807) is 12.0 Å². The number of phenolic OH excluding ortho intramolecular Hbond substituents is 1. The molecule has 1 amide bonds. The average molecular weight is 543 g/mol. The third kappa shape index (κ3) is 6.81. The summed E-state index contributed by atoms with van der Waals surface area (Å²) in [5, 5.41) is 15.5. The molecular formula is C28H31FN2O6S. The summed E-state index contributed by atoms with van der Waals surface area (Å²) in [5.41, 5.74) is 1.56. The minimum absolute atomic E-state index is 0.149. The number of hydrogen-bond acceptors (Lipinski definition) is 6. The summed E-state index contributed by atoms with van der Waals surface area (Å²) in [6, 6.07) is 15.3. The van der Waals surface area contributed by atoms with Crippen molar-refractivity contribution in [1.82, 2.24) is 4.90 Å². The second-order valence-electron chi connectivity index (χ2n) is 9.37. The molecular weight excluding hydrogens is 511 g/mol. The first kappa shape index (κ1) is 27.4. The Morgan fingerprint density at radius 1 is 1.08 bits per heavy atom. The molecule has 0 radical (unpaired) electrons. The Morgan fingerprint density at radius 2 is 1.84 bits per heavy atom. The van der Waals surface area contributed by atoms with Crippen molar-refractivity contribution < 1.29 is 32.2 Å². The predicted molar refractivity (Wildman–Crippen MR) is 141 cm³/mol. The molecule has 0 atom stereocenters. The molecule has 1 aliphatic heterocycles. The van der Waals surface area contributed by atoms with Gasteiger partial charge in [-0.2, -0.15) is 0 Å². The Kier molecular flexibility index (Phi) is 8.53. The van der Waals surface area contributed by atoms with Crippen LogP contribution in [-0.2, 0) is 21.2 Å². The summed E-state index contributed by atoms with van der Waals surface area (Å²) >= 11 is 0. The maximum atomic E-state index is 13.5. The number of amides is 1. The summed E-state index contributed by atoms with van der Waals surface area (Å²) in [6.07, 6.45) is 3.78. The van der Waals surface area contributed by atoms with Crippen LogP contribution < -0.4 is 14.6 Å². The lowest BCUT2D eigenvalue weighted by molar-refractivity contribution is -0.134. The standard InChI is InChI=1S/C28H31FN2O6S/c1-36-22-4-2-3-20(15-22)6-5-19-11-13-31(14-12-19)28(33)18-37-27-10-8-23(38(30,34)35)17-25(27)24-9-7-21(29)16-26(24)32/h2-4,7-10,15-17,19,32H,5-6,11-14,18H2,1H3,(H2,30,34,35). The third-order valence-corrected chi connectivity index (χ3v) is 7.73. The Labute approximate surface area is 221 Å². The maximum Gasteiger partial charge on any atom is 0.260 e. The molecule has 38 heavy (non-hydrogen) atoms. The van der Waals surface area contributed by atoms with Gasteiger partial charge >= 0.3 is 0 Å². The number of aromatic hydroxyl groups is 1. The zero-order chi connectivity index (χ0) is 27.3. The van der Waals surface area contributed by atoms with Crippen LogP contribution in [0, 0.1) is 11.7 Å². The van der Waals surface area contributed by atoms with E-state index in [0.717, 1.165) is 43.6 Å². The number of aryl methyl sites for hydroxylation is 1. The normalized spacial score (nSPS) is 14.3. The second kappa shape index (κ2) is 11.8. The second-order valence-corrected chi connectivity index (χ2v) is 10.9. The van der Waals surface area contributed by atoms with E-state index >= 15 is 0 Å². The lowest BCUT2D eigenvalue weighted by Crippen LogP contribution is -2.41. The molecule has 1 fully saturated rings. The quantitative estimate of drug-likeness (QED) is 0.420. The molecule has 0 spiro atoms. The minimum Gasteiger partial charge on any atom is -0.507 e. The third-order valence-electron chi connectivity index (χ3n) is 6.82. The molecule has 3 aromatic rings. The van der Waals surface area contributed by atoms with Crippen molar-refractivity contribution in [1.29, 1.82) is 0 Å². The van der Waals surface area contributed by atoms with Gasteiger partial charge in [0.25, 0.3) is 5.91 Å². The number of hydrogen-bond donors (Lipinski definition) is 2. The van der Waals surface area contributed by atoms with Crippen LogP contribution in [0.3, 0.4) is 0 Å². The molecule has 10 heteroatoms. The van der Waals surface area contributed by atoms with E-state index in [-0.39, 0.29) is 34.3 Å². The van der Waals surface area contributed by atoms with Gasteiger partial charge in [0.05, 0.1) is 12.0 Å². The van der Waals surface area contributed by atoms with Crippen LogP contribution in [0.25, 0.3) is 11.1 Å². The molecule has 0 bridgehead atoms. The lowest BCUT2D eigenvalue weighted by atomic mass is 9.90. The first-order valence-electron chi connectivity index (χ1n) is 12.3. The maximum absolute atomic E-state index is 13.5. The van der Waals surface area contributed by atoms with E-state index in [0.29, 0.717) is 19.0 Å². The van der Waals surface area contributed by atoms with Crippen LogP contribution in [0.1, 0.15) is 24.8 Å². The Bertz CT molecular complexity index is 1400. The number of rotatable bonds is 9. The molecule has 202 valence electrons. The molecule has 0 saturated carbocycles. The molecule has 3 N–H and O–H groups in total. The molecule has 0 aliphatic carbocycles. The van der Waals surface area contributed by atoms with Crippen molar-refractivity contribution in [3.8, 4) is 28.4 Å². The largest absolute Gasteiger partial charge is 0.507 e. The van der Waals surface area contributed by atoms with Gasteiger partial charge in [-0.05, 0) is 79.6 Å². The first-order chi connectivity index (χ1) is 18.1. The smallest absolute Gasteiger partial charge is 0.260 e. The fraction of sp³-hybridized carbons (Fsp3) is 0.321. The van der Waals surface area contributed by atoms with E-state index in [2.05, 4.69) is 6.07 Å². The summed E-state index contributed by atoms with van der Waals surface area (Å²) in [6.45, 7) is 0.986. The van der Waals surface area contributed by atoms with Crippen LogP contribution in [0.2, 0.25) is 0 Å². The van der Waals surface area contributed by atoms with E-state index in [9.17, 15) is 22.7 Å². The average Bonchev–Trinajstić information content (AvgIpc) is 2.90. The molecule has 0 unspecified atom stereocenters. The number of halogens is 1. The predicted octanol–water partition coefficient (Wildman–Crippen LogP) is 4.10. The fourth-order valence-electron chi connectivity index (χ4n) is 4.66. The molecule has 1 saturated heterocycles. The number of sulfonamides is 1. The van der Waals surface area contributed by atoms with Crippen molar-refractivity contribution in [3.63, 3.8) is 0 Å². The van der Waals surface area contributed by atoms with Crippen LogP contribution in [0.5, 0.6) is 17.2 Å². The van der Waals surface area contributed by atoms with Crippen LogP contribution >= 0.6 is 0 Å². The van der Waals surface area contributed by atoms with Crippen LogP contribution in [-0.4, -0.2) is 51.1 Å². The van der Waals surface area contributed by atoms with Gasteiger partial charge < -0.3 is 19.5 Å². The van der Waals surface area contributed by atoms with Gasteiger partial charge in [0.2, 0.25) is 10.0 Å². The summed E-state index contributed by atoms with van der Waals surface area (Å²) in [7, 11) is -2.39.